The molecule has 3 rings (SSSR count). The van der Waals surface area contributed by atoms with Crippen molar-refractivity contribution in [3.05, 3.63) is 88.7 Å². The van der Waals surface area contributed by atoms with Gasteiger partial charge in [-0.25, -0.2) is 15.0 Å². The van der Waals surface area contributed by atoms with Crippen LogP contribution in [0, 0.1) is 6.92 Å². The lowest BCUT2D eigenvalue weighted by Crippen LogP contribution is -2.28. The molecule has 3 nitrogen and oxygen atoms in total. The molecule has 0 bridgehead atoms. The van der Waals surface area contributed by atoms with E-state index in [1.165, 1.54) is 0 Å². The van der Waals surface area contributed by atoms with E-state index in [2.05, 4.69) is 41.3 Å². The fraction of sp³-hybridized carbons (Fsp3) is 0.0455. The summed E-state index contributed by atoms with van der Waals surface area (Å²) in [6, 6.07) is 14.1. The van der Waals surface area contributed by atoms with Crippen LogP contribution < -0.4 is 10.6 Å². The Morgan fingerprint density at radius 2 is 1.76 bits per heavy atom. The molecule has 0 N–H and O–H groups in total. The largest absolute Gasteiger partial charge is 0.245 e. The molecule has 1 aromatic carbocycles. The van der Waals surface area contributed by atoms with Gasteiger partial charge in [-0.05, 0) is 36.3 Å². The van der Waals surface area contributed by atoms with Crippen molar-refractivity contribution in [3.63, 3.8) is 0 Å². The topological polar surface area (TPSA) is 38.7 Å². The Balaban J connectivity index is 2.01. The fourth-order valence-corrected chi connectivity index (χ4v) is 2.38. The molecule has 0 unspecified atom stereocenters. The van der Waals surface area contributed by atoms with Crippen molar-refractivity contribution in [2.75, 3.05) is 0 Å². The first kappa shape index (κ1) is 16.5. The summed E-state index contributed by atoms with van der Waals surface area (Å²) in [5.41, 5.74) is 3.87. The van der Waals surface area contributed by atoms with E-state index >= 15 is 0 Å². The van der Waals surface area contributed by atoms with Crippen molar-refractivity contribution in [1.29, 1.82) is 0 Å². The predicted molar refractivity (Wildman–Crippen MR) is 105 cm³/mol. The molecule has 0 aliphatic heterocycles. The minimum atomic E-state index is 0.579. The first-order valence-electron chi connectivity index (χ1n) is 8.03. The molecule has 25 heavy (non-hydrogen) atoms. The van der Waals surface area contributed by atoms with Crippen LogP contribution in [0.25, 0.3) is 36.3 Å². The molecule has 0 aliphatic carbocycles. The van der Waals surface area contributed by atoms with E-state index < -0.39 is 0 Å². The second-order valence-electron chi connectivity index (χ2n) is 5.65. The smallest absolute Gasteiger partial charge is 0.178 e. The molecule has 3 heteroatoms. The average Bonchev–Trinajstić information content (AvgIpc) is 2.64. The molecule has 2 aromatic heterocycles. The molecule has 0 atom stereocenters. The van der Waals surface area contributed by atoms with Crippen LogP contribution in [0.5, 0.6) is 0 Å². The van der Waals surface area contributed by atoms with E-state index in [1.54, 1.807) is 12.3 Å². The number of rotatable bonds is 4. The lowest BCUT2D eigenvalue weighted by Gasteiger charge is -2.04. The lowest BCUT2D eigenvalue weighted by molar-refractivity contribution is 1.08. The van der Waals surface area contributed by atoms with Gasteiger partial charge in [-0.15, -0.1) is 0 Å². The molecule has 122 valence electrons. The van der Waals surface area contributed by atoms with Gasteiger partial charge < -0.3 is 0 Å². The van der Waals surface area contributed by atoms with Crippen molar-refractivity contribution in [3.8, 4) is 11.5 Å². The molecule has 0 saturated carbocycles. The van der Waals surface area contributed by atoms with Crippen molar-refractivity contribution < 1.29 is 0 Å². The van der Waals surface area contributed by atoms with E-state index in [1.807, 2.05) is 49.4 Å². The maximum atomic E-state index is 4.72. The highest BCUT2D eigenvalue weighted by molar-refractivity contribution is 5.70. The monoisotopic (exact) mass is 325 g/mol. The molecule has 0 amide bonds. The zero-order chi connectivity index (χ0) is 17.6. The number of hydrogen-bond donors (Lipinski definition) is 0. The zero-order valence-corrected chi connectivity index (χ0v) is 14.2. The van der Waals surface area contributed by atoms with Crippen LogP contribution in [0.3, 0.4) is 0 Å². The first-order chi connectivity index (χ1) is 12.2. The van der Waals surface area contributed by atoms with E-state index in [0.29, 0.717) is 5.82 Å². The summed E-state index contributed by atoms with van der Waals surface area (Å²) in [4.78, 5) is 13.6. The SMILES string of the molecule is C=C/C=c1/nc(-c2ccc(C)c(/C=C/c3ccccc3)n2)ncc1=C. The Hall–Kier alpha value is -3.33. The number of benzene rings is 1. The third kappa shape index (κ3) is 3.96. The van der Waals surface area contributed by atoms with Crippen molar-refractivity contribution >= 4 is 24.8 Å². The Labute approximate surface area is 147 Å². The lowest BCUT2D eigenvalue weighted by atomic mass is 10.1. The van der Waals surface area contributed by atoms with Gasteiger partial charge in [0.2, 0.25) is 0 Å². The van der Waals surface area contributed by atoms with Crippen LogP contribution in [0.4, 0.5) is 0 Å². The number of allylic oxidation sites excluding steroid dienone is 1. The van der Waals surface area contributed by atoms with Gasteiger partial charge in [0, 0.05) is 11.4 Å². The normalized spacial score (nSPS) is 11.8. The van der Waals surface area contributed by atoms with Gasteiger partial charge in [0.25, 0.3) is 0 Å². The van der Waals surface area contributed by atoms with Crippen LogP contribution in [0.1, 0.15) is 16.8 Å². The fourth-order valence-electron chi connectivity index (χ4n) is 2.38. The second kappa shape index (κ2) is 7.49. The summed E-state index contributed by atoms with van der Waals surface area (Å²) < 4.78 is 0. The molecular formula is C22H19N3. The standard InChI is InChI=1S/C22H19N3/c1-4-8-19-17(3)15-23-22(25-19)21-13-11-16(2)20(24-21)14-12-18-9-6-5-7-10-18/h4-15H,1,3H2,2H3/b14-12+,19-8+. The summed E-state index contributed by atoms with van der Waals surface area (Å²) in [5.74, 6) is 0.579. The highest BCUT2D eigenvalue weighted by atomic mass is 14.9. The van der Waals surface area contributed by atoms with Gasteiger partial charge in [-0.3, -0.25) is 0 Å². The number of aryl methyl sites for hydroxylation is 1. The second-order valence-corrected chi connectivity index (χ2v) is 5.65. The van der Waals surface area contributed by atoms with Gasteiger partial charge >= 0.3 is 0 Å². The van der Waals surface area contributed by atoms with Crippen LogP contribution in [0.15, 0.2) is 61.3 Å². The molecule has 0 fully saturated rings. The average molecular weight is 325 g/mol. The van der Waals surface area contributed by atoms with Crippen LogP contribution >= 0.6 is 0 Å². The van der Waals surface area contributed by atoms with Gasteiger partial charge in [-0.2, -0.15) is 0 Å². The van der Waals surface area contributed by atoms with Crippen molar-refractivity contribution in [2.45, 2.75) is 6.92 Å². The number of aromatic nitrogens is 3. The summed E-state index contributed by atoms with van der Waals surface area (Å²) in [6.07, 6.45) is 9.28. The molecule has 0 spiro atoms. The predicted octanol–water partition coefficient (Wildman–Crippen LogP) is 3.39. The number of nitrogens with zero attached hydrogens (tertiary/aromatic N) is 3. The highest BCUT2D eigenvalue weighted by Gasteiger charge is 2.05. The van der Waals surface area contributed by atoms with Crippen molar-refractivity contribution in [1.82, 2.24) is 15.0 Å². The summed E-state index contributed by atoms with van der Waals surface area (Å²) >= 11 is 0. The van der Waals surface area contributed by atoms with Gasteiger partial charge in [0.05, 0.1) is 11.0 Å². The van der Waals surface area contributed by atoms with E-state index in [0.717, 1.165) is 33.1 Å². The molecule has 3 aromatic rings. The van der Waals surface area contributed by atoms with Crippen molar-refractivity contribution in [2.24, 2.45) is 0 Å². The minimum absolute atomic E-state index is 0.579. The Bertz CT molecular complexity index is 1030. The third-order valence-corrected chi connectivity index (χ3v) is 3.77. The minimum Gasteiger partial charge on any atom is -0.245 e. The zero-order valence-electron chi connectivity index (χ0n) is 14.2. The maximum absolute atomic E-state index is 4.72. The molecule has 0 radical (unpaired) electrons. The van der Waals surface area contributed by atoms with E-state index in [-0.39, 0.29) is 0 Å². The van der Waals surface area contributed by atoms with Crippen LogP contribution in [-0.4, -0.2) is 15.0 Å². The first-order valence-corrected chi connectivity index (χ1v) is 8.03. The van der Waals surface area contributed by atoms with Gasteiger partial charge in [0.15, 0.2) is 5.82 Å². The van der Waals surface area contributed by atoms with E-state index in [4.69, 9.17) is 4.98 Å². The van der Waals surface area contributed by atoms with Crippen LogP contribution in [-0.2, 0) is 0 Å². The van der Waals surface area contributed by atoms with Crippen LogP contribution in [0.2, 0.25) is 0 Å². The molecule has 0 saturated heterocycles. The van der Waals surface area contributed by atoms with Gasteiger partial charge in [0.1, 0.15) is 5.69 Å². The molecule has 2 heterocycles. The van der Waals surface area contributed by atoms with Gasteiger partial charge in [-0.1, -0.05) is 61.7 Å². The highest BCUT2D eigenvalue weighted by Crippen LogP contribution is 2.16. The summed E-state index contributed by atoms with van der Waals surface area (Å²) in [5, 5.41) is 1.52. The summed E-state index contributed by atoms with van der Waals surface area (Å²) in [7, 11) is 0. The molecular weight excluding hydrogens is 306 g/mol. The maximum Gasteiger partial charge on any atom is 0.178 e. The quantitative estimate of drug-likeness (QED) is 0.738. The number of pyridine rings is 1. The Morgan fingerprint density at radius 3 is 2.52 bits per heavy atom. The van der Waals surface area contributed by atoms with E-state index in [9.17, 15) is 0 Å². The third-order valence-electron chi connectivity index (χ3n) is 3.77. The molecule has 0 aliphatic rings. The number of hydrogen-bond acceptors (Lipinski definition) is 3. The Kier molecular flexibility index (Phi) is 4.95. The Morgan fingerprint density at radius 1 is 0.960 bits per heavy atom. The summed E-state index contributed by atoms with van der Waals surface area (Å²) in [6.45, 7) is 9.68.